The van der Waals surface area contributed by atoms with Gasteiger partial charge in [0.2, 0.25) is 0 Å². The lowest BCUT2D eigenvalue weighted by Crippen LogP contribution is -2.46. The minimum absolute atomic E-state index is 0.120. The number of aliphatic hydroxyl groups is 1. The highest BCUT2D eigenvalue weighted by atomic mass is 35.5. The number of carbonyl (C=O) groups excluding carboxylic acids is 1. The monoisotopic (exact) mass is 349 g/mol. The van der Waals surface area contributed by atoms with Crippen LogP contribution in [0.3, 0.4) is 0 Å². The van der Waals surface area contributed by atoms with Gasteiger partial charge in [-0.05, 0) is 18.2 Å². The average molecular weight is 350 g/mol. The molecule has 128 valence electrons. The van der Waals surface area contributed by atoms with Crippen LogP contribution in [0, 0.1) is 0 Å². The quantitative estimate of drug-likeness (QED) is 0.922. The molecule has 0 saturated carbocycles. The van der Waals surface area contributed by atoms with E-state index in [4.69, 9.17) is 16.3 Å². The minimum Gasteiger partial charge on any atom is -0.496 e. The second kappa shape index (κ2) is 6.45. The Morgan fingerprint density at radius 2 is 2.08 bits per heavy atom. The van der Waals surface area contributed by atoms with Crippen LogP contribution < -0.4 is 4.74 Å². The molecule has 0 atom stereocenters. The molecule has 0 radical (unpaired) electrons. The summed E-state index contributed by atoms with van der Waals surface area (Å²) < 4.78 is 7.08. The van der Waals surface area contributed by atoms with Gasteiger partial charge in [-0.1, -0.05) is 11.6 Å². The first-order chi connectivity index (χ1) is 11.4. The van der Waals surface area contributed by atoms with Gasteiger partial charge in [0.1, 0.15) is 17.2 Å². The van der Waals surface area contributed by atoms with Crippen LogP contribution in [0.25, 0.3) is 0 Å². The molecular weight excluding hydrogens is 330 g/mol. The fourth-order valence-corrected chi connectivity index (χ4v) is 3.29. The van der Waals surface area contributed by atoms with Crippen LogP contribution in [0.5, 0.6) is 5.75 Å². The van der Waals surface area contributed by atoms with Crippen LogP contribution in [-0.4, -0.2) is 45.7 Å². The summed E-state index contributed by atoms with van der Waals surface area (Å²) in [4.78, 5) is 18.7. The second-order valence-corrected chi connectivity index (χ2v) is 6.47. The van der Waals surface area contributed by atoms with Gasteiger partial charge in [-0.3, -0.25) is 4.79 Å². The lowest BCUT2D eigenvalue weighted by molar-refractivity contribution is -0.0298. The van der Waals surface area contributed by atoms with Crippen LogP contribution in [0.4, 0.5) is 0 Å². The van der Waals surface area contributed by atoms with Gasteiger partial charge in [0.25, 0.3) is 5.91 Å². The third-order valence-electron chi connectivity index (χ3n) is 4.51. The van der Waals surface area contributed by atoms with E-state index < -0.39 is 5.60 Å². The number of piperidine rings is 1. The van der Waals surface area contributed by atoms with E-state index in [0.29, 0.717) is 48.1 Å². The summed E-state index contributed by atoms with van der Waals surface area (Å²) in [6.45, 7) is 0.905. The Kier molecular flexibility index (Phi) is 4.51. The van der Waals surface area contributed by atoms with Gasteiger partial charge in [-0.15, -0.1) is 0 Å². The molecule has 1 aliphatic heterocycles. The van der Waals surface area contributed by atoms with Crippen LogP contribution >= 0.6 is 11.6 Å². The molecule has 1 aromatic heterocycles. The molecule has 1 amide bonds. The maximum Gasteiger partial charge on any atom is 0.257 e. The Morgan fingerprint density at radius 3 is 2.67 bits per heavy atom. The highest BCUT2D eigenvalue weighted by Gasteiger charge is 2.38. The summed E-state index contributed by atoms with van der Waals surface area (Å²) >= 11 is 5.95. The zero-order chi connectivity index (χ0) is 17.3. The number of hydrogen-bond acceptors (Lipinski definition) is 4. The predicted molar refractivity (Wildman–Crippen MR) is 90.2 cm³/mol. The molecule has 24 heavy (non-hydrogen) atoms. The van der Waals surface area contributed by atoms with Crippen molar-refractivity contribution >= 4 is 17.5 Å². The number of nitrogens with zero attached hydrogens (tertiary/aromatic N) is 3. The van der Waals surface area contributed by atoms with Crippen molar-refractivity contribution in [1.29, 1.82) is 0 Å². The Hall–Kier alpha value is -2.05. The van der Waals surface area contributed by atoms with E-state index >= 15 is 0 Å². The number of rotatable bonds is 3. The predicted octanol–water partition coefficient (Wildman–Crippen LogP) is 2.21. The van der Waals surface area contributed by atoms with Crippen molar-refractivity contribution in [2.45, 2.75) is 18.4 Å². The molecule has 0 unspecified atom stereocenters. The van der Waals surface area contributed by atoms with Crippen molar-refractivity contribution in [2.24, 2.45) is 7.05 Å². The maximum atomic E-state index is 12.8. The van der Waals surface area contributed by atoms with Crippen molar-refractivity contribution in [2.75, 3.05) is 20.2 Å². The standard InChI is InChI=1S/C17H20ClN3O3/c1-20-10-7-19-16(20)17(23)5-8-21(9-6-17)15(22)13-4-3-12(18)11-14(13)24-2/h3-4,7,10-11,23H,5-6,8-9H2,1-2H3. The van der Waals surface area contributed by atoms with E-state index in [2.05, 4.69) is 4.98 Å². The summed E-state index contributed by atoms with van der Waals surface area (Å²) in [5.74, 6) is 0.974. The number of methoxy groups -OCH3 is 1. The average Bonchev–Trinajstić information content (AvgIpc) is 3.01. The first-order valence-electron chi connectivity index (χ1n) is 7.77. The third kappa shape index (κ3) is 2.99. The van der Waals surface area contributed by atoms with E-state index in [9.17, 15) is 9.90 Å². The van der Waals surface area contributed by atoms with Gasteiger partial charge in [0.05, 0.1) is 12.7 Å². The van der Waals surface area contributed by atoms with Gasteiger partial charge in [0, 0.05) is 50.4 Å². The molecule has 2 aromatic rings. The van der Waals surface area contributed by atoms with E-state index in [1.54, 1.807) is 29.3 Å². The summed E-state index contributed by atoms with van der Waals surface area (Å²) in [6, 6.07) is 4.97. The number of aryl methyl sites for hydroxylation is 1. The Balaban J connectivity index is 1.75. The van der Waals surface area contributed by atoms with Gasteiger partial charge >= 0.3 is 0 Å². The molecule has 6 nitrogen and oxygen atoms in total. The molecule has 1 aliphatic rings. The van der Waals surface area contributed by atoms with E-state index in [0.717, 1.165) is 0 Å². The molecule has 7 heteroatoms. The SMILES string of the molecule is COc1cc(Cl)ccc1C(=O)N1CCC(O)(c2nccn2C)CC1. The van der Waals surface area contributed by atoms with Crippen molar-refractivity contribution < 1.29 is 14.6 Å². The number of benzene rings is 1. The van der Waals surface area contributed by atoms with E-state index in [1.165, 1.54) is 7.11 Å². The van der Waals surface area contributed by atoms with Crippen molar-refractivity contribution in [1.82, 2.24) is 14.5 Å². The molecule has 0 bridgehead atoms. The van der Waals surface area contributed by atoms with Gasteiger partial charge in [0.15, 0.2) is 0 Å². The van der Waals surface area contributed by atoms with Crippen LogP contribution in [-0.2, 0) is 12.6 Å². The lowest BCUT2D eigenvalue weighted by atomic mass is 9.90. The molecule has 1 N–H and O–H groups in total. The lowest BCUT2D eigenvalue weighted by Gasteiger charge is -2.37. The second-order valence-electron chi connectivity index (χ2n) is 6.03. The first kappa shape index (κ1) is 16.8. The largest absolute Gasteiger partial charge is 0.496 e. The van der Waals surface area contributed by atoms with Gasteiger partial charge in [-0.2, -0.15) is 0 Å². The molecule has 1 fully saturated rings. The van der Waals surface area contributed by atoms with Crippen molar-refractivity contribution in [3.63, 3.8) is 0 Å². The van der Waals surface area contributed by atoms with Crippen molar-refractivity contribution in [3.05, 3.63) is 47.0 Å². The first-order valence-corrected chi connectivity index (χ1v) is 8.15. The van der Waals surface area contributed by atoms with E-state index in [-0.39, 0.29) is 5.91 Å². The molecular formula is C17H20ClN3O3. The molecule has 0 aliphatic carbocycles. The van der Waals surface area contributed by atoms with Crippen LogP contribution in [0.1, 0.15) is 29.0 Å². The topological polar surface area (TPSA) is 67.6 Å². The normalized spacial score (nSPS) is 16.9. The minimum atomic E-state index is -1.00. The Morgan fingerprint density at radius 1 is 1.38 bits per heavy atom. The summed E-state index contributed by atoms with van der Waals surface area (Å²) in [6.07, 6.45) is 4.37. The summed E-state index contributed by atoms with van der Waals surface area (Å²) in [5.41, 5.74) is -0.525. The molecule has 1 aromatic carbocycles. The number of carbonyl (C=O) groups is 1. The summed E-state index contributed by atoms with van der Waals surface area (Å²) in [5, 5.41) is 11.4. The number of likely N-dealkylation sites (tertiary alicyclic amines) is 1. The number of ether oxygens (including phenoxy) is 1. The third-order valence-corrected chi connectivity index (χ3v) is 4.74. The highest BCUT2D eigenvalue weighted by Crippen LogP contribution is 2.33. The van der Waals surface area contributed by atoms with Crippen molar-refractivity contribution in [3.8, 4) is 5.75 Å². The van der Waals surface area contributed by atoms with E-state index in [1.807, 2.05) is 17.8 Å². The zero-order valence-electron chi connectivity index (χ0n) is 13.7. The molecule has 0 spiro atoms. The Bertz CT molecular complexity index is 751. The zero-order valence-corrected chi connectivity index (χ0v) is 14.5. The number of aromatic nitrogens is 2. The smallest absolute Gasteiger partial charge is 0.257 e. The van der Waals surface area contributed by atoms with Gasteiger partial charge in [-0.25, -0.2) is 4.98 Å². The van der Waals surface area contributed by atoms with Crippen LogP contribution in [0.2, 0.25) is 5.02 Å². The fraction of sp³-hybridized carbons (Fsp3) is 0.412. The summed E-state index contributed by atoms with van der Waals surface area (Å²) in [7, 11) is 3.37. The molecule has 1 saturated heterocycles. The van der Waals surface area contributed by atoms with Gasteiger partial charge < -0.3 is 19.3 Å². The molecule has 2 heterocycles. The fourth-order valence-electron chi connectivity index (χ4n) is 3.13. The Labute approximate surface area is 145 Å². The number of hydrogen-bond donors (Lipinski definition) is 1. The number of halogens is 1. The maximum absolute atomic E-state index is 12.8. The number of imidazole rings is 1. The highest BCUT2D eigenvalue weighted by molar-refractivity contribution is 6.30. The molecule has 3 rings (SSSR count). The van der Waals surface area contributed by atoms with Crippen LogP contribution in [0.15, 0.2) is 30.6 Å². The number of amides is 1.